The van der Waals surface area contributed by atoms with Crippen LogP contribution in [0.15, 0.2) is 18.7 Å². The molecule has 2 rings (SSSR count). The summed E-state index contributed by atoms with van der Waals surface area (Å²) in [5.74, 6) is -0.123. The molecule has 1 aromatic rings. The van der Waals surface area contributed by atoms with Gasteiger partial charge in [-0.15, -0.1) is 0 Å². The molecular weight excluding hydrogens is 208 g/mol. The van der Waals surface area contributed by atoms with E-state index in [1.807, 2.05) is 4.57 Å². The zero-order valence-corrected chi connectivity index (χ0v) is 9.15. The Kier molecular flexibility index (Phi) is 2.93. The van der Waals surface area contributed by atoms with E-state index in [2.05, 4.69) is 4.98 Å². The third-order valence-corrected chi connectivity index (χ3v) is 2.87. The molecule has 0 saturated carbocycles. The number of nitrogens with zero attached hydrogens (tertiary/aromatic N) is 3. The minimum atomic E-state index is -0.558. The molecule has 0 spiro atoms. The molecule has 1 saturated heterocycles. The summed E-state index contributed by atoms with van der Waals surface area (Å²) in [6.07, 6.45) is 4.53. The van der Waals surface area contributed by atoms with Crippen molar-refractivity contribution in [2.75, 3.05) is 13.1 Å². The van der Waals surface area contributed by atoms with E-state index in [0.717, 1.165) is 0 Å². The van der Waals surface area contributed by atoms with Crippen LogP contribution in [-0.2, 0) is 4.79 Å². The van der Waals surface area contributed by atoms with E-state index in [-0.39, 0.29) is 11.9 Å². The van der Waals surface area contributed by atoms with Crippen molar-refractivity contribution >= 4 is 5.91 Å². The molecule has 16 heavy (non-hydrogen) atoms. The Morgan fingerprint density at radius 2 is 2.38 bits per heavy atom. The highest BCUT2D eigenvalue weighted by Gasteiger charge is 2.35. The van der Waals surface area contributed by atoms with Gasteiger partial charge in [-0.25, -0.2) is 4.98 Å². The number of aliphatic hydroxyl groups is 1. The Morgan fingerprint density at radius 1 is 1.62 bits per heavy atom. The fourth-order valence-electron chi connectivity index (χ4n) is 2.00. The standard InChI is InChI=1S/C10H16N4O2/c1-7(11)10(16)14-4-8(9(15)5-14)13-3-2-12-6-13/h2-3,6-9,15H,4-5,11H2,1H3/t7-,8-,9-/m0/s1. The van der Waals surface area contributed by atoms with Crippen molar-refractivity contribution in [1.82, 2.24) is 14.5 Å². The van der Waals surface area contributed by atoms with Gasteiger partial charge >= 0.3 is 0 Å². The maximum absolute atomic E-state index is 11.7. The van der Waals surface area contributed by atoms with Crippen LogP contribution in [0.25, 0.3) is 0 Å². The van der Waals surface area contributed by atoms with Gasteiger partial charge in [0.2, 0.25) is 5.91 Å². The largest absolute Gasteiger partial charge is 0.389 e. The molecule has 1 aliphatic rings. The summed E-state index contributed by atoms with van der Waals surface area (Å²) in [6.45, 7) is 2.47. The fourth-order valence-corrected chi connectivity index (χ4v) is 2.00. The molecule has 2 heterocycles. The minimum Gasteiger partial charge on any atom is -0.389 e. The van der Waals surface area contributed by atoms with Crippen molar-refractivity contribution < 1.29 is 9.90 Å². The number of nitrogens with two attached hydrogens (primary N) is 1. The molecule has 6 heteroatoms. The van der Waals surface area contributed by atoms with Crippen LogP contribution in [0.5, 0.6) is 0 Å². The normalized spacial score (nSPS) is 27.1. The van der Waals surface area contributed by atoms with Gasteiger partial charge < -0.3 is 20.3 Å². The maximum atomic E-state index is 11.7. The fraction of sp³-hybridized carbons (Fsp3) is 0.600. The topological polar surface area (TPSA) is 84.4 Å². The third kappa shape index (κ3) is 1.94. The van der Waals surface area contributed by atoms with Crippen molar-refractivity contribution in [3.63, 3.8) is 0 Å². The smallest absolute Gasteiger partial charge is 0.239 e. The van der Waals surface area contributed by atoms with Gasteiger partial charge in [0.15, 0.2) is 0 Å². The summed E-state index contributed by atoms with van der Waals surface area (Å²) < 4.78 is 1.82. The molecule has 3 N–H and O–H groups in total. The van der Waals surface area contributed by atoms with Gasteiger partial charge in [-0.05, 0) is 6.92 Å². The number of aromatic nitrogens is 2. The van der Waals surface area contributed by atoms with E-state index in [9.17, 15) is 9.90 Å². The first-order valence-corrected chi connectivity index (χ1v) is 5.29. The molecule has 1 amide bonds. The van der Waals surface area contributed by atoms with Gasteiger partial charge in [-0.3, -0.25) is 4.79 Å². The second-order valence-corrected chi connectivity index (χ2v) is 4.18. The molecule has 0 unspecified atom stereocenters. The zero-order valence-electron chi connectivity index (χ0n) is 9.15. The van der Waals surface area contributed by atoms with Gasteiger partial charge in [0.1, 0.15) is 0 Å². The molecule has 88 valence electrons. The zero-order chi connectivity index (χ0) is 11.7. The van der Waals surface area contributed by atoms with E-state index in [0.29, 0.717) is 13.1 Å². The van der Waals surface area contributed by atoms with Crippen molar-refractivity contribution in [3.8, 4) is 0 Å². The third-order valence-electron chi connectivity index (χ3n) is 2.87. The summed E-state index contributed by atoms with van der Waals surface area (Å²) >= 11 is 0. The number of amides is 1. The second-order valence-electron chi connectivity index (χ2n) is 4.18. The van der Waals surface area contributed by atoms with Crippen LogP contribution in [0.1, 0.15) is 13.0 Å². The van der Waals surface area contributed by atoms with Gasteiger partial charge in [-0.2, -0.15) is 0 Å². The molecule has 3 atom stereocenters. The number of likely N-dealkylation sites (tertiary alicyclic amines) is 1. The van der Waals surface area contributed by atoms with Gasteiger partial charge in [0.25, 0.3) is 0 Å². The van der Waals surface area contributed by atoms with Crippen molar-refractivity contribution in [2.45, 2.75) is 25.1 Å². The van der Waals surface area contributed by atoms with Crippen LogP contribution in [0.3, 0.4) is 0 Å². The quantitative estimate of drug-likeness (QED) is 0.673. The summed E-state index contributed by atoms with van der Waals surface area (Å²) in [4.78, 5) is 17.2. The number of hydrogen-bond donors (Lipinski definition) is 2. The van der Waals surface area contributed by atoms with E-state index in [1.54, 1.807) is 30.5 Å². The van der Waals surface area contributed by atoms with Crippen molar-refractivity contribution in [3.05, 3.63) is 18.7 Å². The number of carbonyl (C=O) groups is 1. The summed E-state index contributed by atoms with van der Waals surface area (Å²) in [6, 6.07) is -0.640. The van der Waals surface area contributed by atoms with E-state index >= 15 is 0 Å². The van der Waals surface area contributed by atoms with Crippen molar-refractivity contribution in [1.29, 1.82) is 0 Å². The van der Waals surface area contributed by atoms with Gasteiger partial charge in [0, 0.05) is 25.5 Å². The van der Waals surface area contributed by atoms with Crippen LogP contribution in [0, 0.1) is 0 Å². The average molecular weight is 224 g/mol. The molecule has 0 aliphatic carbocycles. The first-order chi connectivity index (χ1) is 7.59. The van der Waals surface area contributed by atoms with E-state index in [1.165, 1.54) is 0 Å². The number of aliphatic hydroxyl groups excluding tert-OH is 1. The number of β-amino-alcohol motifs (C(OH)–C–C–N with tert-alkyl or cyclic N) is 1. The van der Waals surface area contributed by atoms with Gasteiger partial charge in [0.05, 0.1) is 24.5 Å². The van der Waals surface area contributed by atoms with Crippen LogP contribution < -0.4 is 5.73 Å². The van der Waals surface area contributed by atoms with E-state index in [4.69, 9.17) is 5.73 Å². The van der Waals surface area contributed by atoms with Gasteiger partial charge in [-0.1, -0.05) is 0 Å². The molecule has 1 fully saturated rings. The lowest BCUT2D eigenvalue weighted by atomic mass is 10.2. The number of hydrogen-bond acceptors (Lipinski definition) is 4. The Labute approximate surface area is 93.7 Å². The molecule has 0 aromatic carbocycles. The molecule has 0 bridgehead atoms. The Morgan fingerprint density at radius 3 is 2.94 bits per heavy atom. The number of carbonyl (C=O) groups excluding carboxylic acids is 1. The predicted molar refractivity (Wildman–Crippen MR) is 57.5 cm³/mol. The van der Waals surface area contributed by atoms with Crippen molar-refractivity contribution in [2.24, 2.45) is 5.73 Å². The molecule has 1 aliphatic heterocycles. The minimum absolute atomic E-state index is 0.120. The van der Waals surface area contributed by atoms with E-state index < -0.39 is 12.1 Å². The summed E-state index contributed by atoms with van der Waals surface area (Å²) in [5.41, 5.74) is 5.53. The number of imidazole rings is 1. The first-order valence-electron chi connectivity index (χ1n) is 5.29. The Hall–Kier alpha value is -1.40. The first kappa shape index (κ1) is 11.1. The van der Waals surface area contributed by atoms with Crippen LogP contribution in [-0.4, -0.2) is 50.7 Å². The summed E-state index contributed by atoms with van der Waals surface area (Å²) in [7, 11) is 0. The molecule has 1 aromatic heterocycles. The maximum Gasteiger partial charge on any atom is 0.239 e. The lowest BCUT2D eigenvalue weighted by molar-refractivity contribution is -0.131. The average Bonchev–Trinajstić information content (AvgIpc) is 2.84. The van der Waals surface area contributed by atoms with Crippen LogP contribution in [0.2, 0.25) is 0 Å². The Balaban J connectivity index is 2.08. The second kappa shape index (κ2) is 4.23. The van der Waals surface area contributed by atoms with Crippen LogP contribution in [0.4, 0.5) is 0 Å². The lowest BCUT2D eigenvalue weighted by Gasteiger charge is -2.18. The monoisotopic (exact) mass is 224 g/mol. The highest BCUT2D eigenvalue weighted by Crippen LogP contribution is 2.22. The predicted octanol–water partition coefficient (Wildman–Crippen LogP) is -1.03. The molecular formula is C10H16N4O2. The van der Waals surface area contributed by atoms with Crippen LogP contribution >= 0.6 is 0 Å². The molecule has 0 radical (unpaired) electrons. The lowest BCUT2D eigenvalue weighted by Crippen LogP contribution is -2.41. The highest BCUT2D eigenvalue weighted by atomic mass is 16.3. The Bertz CT molecular complexity index is 363. The summed E-state index contributed by atoms with van der Waals surface area (Å²) in [5, 5.41) is 9.88. The molecule has 6 nitrogen and oxygen atoms in total. The number of rotatable bonds is 2. The highest BCUT2D eigenvalue weighted by molar-refractivity contribution is 5.81. The SMILES string of the molecule is C[C@H](N)C(=O)N1C[C@H](O)[C@@H](n2ccnc2)C1.